The number of nitrogens with zero attached hydrogens (tertiary/aromatic N) is 3. The van der Waals surface area contributed by atoms with E-state index in [-0.39, 0.29) is 18.0 Å². The number of aromatic nitrogens is 3. The smallest absolute Gasteiger partial charge is 0.278 e. The fourth-order valence-electron chi connectivity index (χ4n) is 3.65. The van der Waals surface area contributed by atoms with Crippen molar-refractivity contribution in [3.8, 4) is 0 Å². The molecule has 0 bridgehead atoms. The van der Waals surface area contributed by atoms with E-state index in [9.17, 15) is 9.59 Å². The van der Waals surface area contributed by atoms with Gasteiger partial charge in [0.2, 0.25) is 5.91 Å². The predicted molar refractivity (Wildman–Crippen MR) is 102 cm³/mol. The van der Waals surface area contributed by atoms with Crippen LogP contribution in [0.25, 0.3) is 11.0 Å². The zero-order valence-electron chi connectivity index (χ0n) is 15.3. The molecule has 26 heavy (non-hydrogen) atoms. The van der Waals surface area contributed by atoms with Crippen LogP contribution in [0.5, 0.6) is 0 Å². The zero-order chi connectivity index (χ0) is 18.4. The predicted octanol–water partition coefficient (Wildman–Crippen LogP) is 2.71. The van der Waals surface area contributed by atoms with E-state index in [1.807, 2.05) is 45.0 Å². The Morgan fingerprint density at radius 1 is 1.27 bits per heavy atom. The molecular formula is C20H22N4O2. The maximum absolute atomic E-state index is 12.9. The van der Waals surface area contributed by atoms with Crippen LogP contribution in [0.1, 0.15) is 29.1 Å². The Morgan fingerprint density at radius 2 is 2.08 bits per heavy atom. The first kappa shape index (κ1) is 16.6. The molecule has 3 aromatic rings. The van der Waals surface area contributed by atoms with Crippen molar-refractivity contribution in [1.82, 2.24) is 14.1 Å². The van der Waals surface area contributed by atoms with Crippen molar-refractivity contribution in [2.45, 2.75) is 46.7 Å². The van der Waals surface area contributed by atoms with Gasteiger partial charge in [-0.2, -0.15) is 0 Å². The number of hydrogen-bond acceptors (Lipinski definition) is 3. The summed E-state index contributed by atoms with van der Waals surface area (Å²) in [5.74, 6) is 0.698. The number of amides is 1. The largest absolute Gasteiger partial charge is 0.330 e. The van der Waals surface area contributed by atoms with Crippen molar-refractivity contribution >= 4 is 22.6 Å². The topological polar surface area (TPSA) is 68.9 Å². The van der Waals surface area contributed by atoms with Gasteiger partial charge in [-0.3, -0.25) is 14.2 Å². The molecule has 6 heteroatoms. The molecule has 1 aliphatic rings. The molecule has 1 aliphatic heterocycles. The van der Waals surface area contributed by atoms with Crippen molar-refractivity contribution in [3.05, 3.63) is 57.3 Å². The van der Waals surface area contributed by atoms with Crippen molar-refractivity contribution in [2.75, 3.05) is 5.32 Å². The Morgan fingerprint density at radius 3 is 2.88 bits per heavy atom. The molecule has 1 aromatic carbocycles. The highest BCUT2D eigenvalue weighted by molar-refractivity contribution is 5.92. The van der Waals surface area contributed by atoms with Gasteiger partial charge in [0.05, 0.1) is 5.52 Å². The number of aryl methyl sites for hydroxylation is 3. The Balaban J connectivity index is 1.69. The highest BCUT2D eigenvalue weighted by atomic mass is 16.2. The number of anilines is 1. The summed E-state index contributed by atoms with van der Waals surface area (Å²) in [6.07, 6.45) is 1.78. The van der Waals surface area contributed by atoms with Crippen LogP contribution >= 0.6 is 0 Å². The third-order valence-corrected chi connectivity index (χ3v) is 5.26. The molecule has 0 saturated heterocycles. The lowest BCUT2D eigenvalue weighted by Crippen LogP contribution is -2.26. The van der Waals surface area contributed by atoms with Gasteiger partial charge in [-0.05, 0) is 50.5 Å². The van der Waals surface area contributed by atoms with E-state index >= 15 is 0 Å². The maximum Gasteiger partial charge on any atom is 0.278 e. The Kier molecular flexibility index (Phi) is 3.90. The lowest BCUT2D eigenvalue weighted by atomic mass is 10.1. The van der Waals surface area contributed by atoms with Crippen molar-refractivity contribution in [1.29, 1.82) is 0 Å². The van der Waals surface area contributed by atoms with E-state index < -0.39 is 0 Å². The second kappa shape index (κ2) is 6.12. The van der Waals surface area contributed by atoms with Gasteiger partial charge in [-0.25, -0.2) is 4.98 Å². The third-order valence-electron chi connectivity index (χ3n) is 5.26. The van der Waals surface area contributed by atoms with E-state index in [1.165, 1.54) is 0 Å². The Hall–Kier alpha value is -2.89. The molecule has 1 N–H and O–H groups in total. The molecular weight excluding hydrogens is 328 g/mol. The van der Waals surface area contributed by atoms with E-state index in [0.717, 1.165) is 41.2 Å². The number of benzene rings is 1. The number of hydrogen-bond donors (Lipinski definition) is 1. The molecule has 3 heterocycles. The average Bonchev–Trinajstić information content (AvgIpc) is 3.17. The summed E-state index contributed by atoms with van der Waals surface area (Å²) >= 11 is 0. The summed E-state index contributed by atoms with van der Waals surface area (Å²) in [7, 11) is 0. The van der Waals surface area contributed by atoms with Crippen LogP contribution in [-0.2, 0) is 24.3 Å². The number of fused-ring (bicyclic) bond motifs is 2. The first-order chi connectivity index (χ1) is 12.5. The van der Waals surface area contributed by atoms with Gasteiger partial charge in [0.15, 0.2) is 0 Å². The highest BCUT2D eigenvalue weighted by Gasteiger charge is 2.20. The van der Waals surface area contributed by atoms with Gasteiger partial charge in [-0.15, -0.1) is 0 Å². The van der Waals surface area contributed by atoms with E-state index in [4.69, 9.17) is 0 Å². The first-order valence-electron chi connectivity index (χ1n) is 8.91. The van der Waals surface area contributed by atoms with Gasteiger partial charge in [-0.1, -0.05) is 12.1 Å². The highest BCUT2D eigenvalue weighted by Crippen LogP contribution is 2.20. The lowest BCUT2D eigenvalue weighted by molar-refractivity contribution is -0.116. The Bertz CT molecular complexity index is 1090. The summed E-state index contributed by atoms with van der Waals surface area (Å²) in [4.78, 5) is 30.1. The molecule has 134 valence electrons. The summed E-state index contributed by atoms with van der Waals surface area (Å²) < 4.78 is 3.51. The van der Waals surface area contributed by atoms with Gasteiger partial charge < -0.3 is 9.88 Å². The molecule has 0 unspecified atom stereocenters. The minimum absolute atomic E-state index is 0.0462. The number of carbonyl (C=O) groups excluding carboxylic acids is 1. The van der Waals surface area contributed by atoms with Gasteiger partial charge in [0, 0.05) is 24.3 Å². The van der Waals surface area contributed by atoms with E-state index in [0.29, 0.717) is 17.6 Å². The molecule has 0 atom stereocenters. The van der Waals surface area contributed by atoms with Crippen LogP contribution < -0.4 is 10.9 Å². The lowest BCUT2D eigenvalue weighted by Gasteiger charge is -2.12. The van der Waals surface area contributed by atoms with E-state index in [2.05, 4.69) is 10.3 Å². The van der Waals surface area contributed by atoms with Crippen molar-refractivity contribution in [3.63, 3.8) is 0 Å². The molecule has 0 fully saturated rings. The number of rotatable bonds is 3. The summed E-state index contributed by atoms with van der Waals surface area (Å²) in [6, 6.07) is 7.72. The minimum atomic E-state index is -0.149. The molecule has 0 aliphatic carbocycles. The summed E-state index contributed by atoms with van der Waals surface area (Å²) in [6.45, 7) is 6.71. The van der Waals surface area contributed by atoms with E-state index in [1.54, 1.807) is 9.13 Å². The van der Waals surface area contributed by atoms with Gasteiger partial charge in [0.25, 0.3) is 5.56 Å². The second-order valence-electron chi connectivity index (χ2n) is 6.99. The molecule has 0 radical (unpaired) electrons. The number of carbonyl (C=O) groups is 1. The van der Waals surface area contributed by atoms with Crippen LogP contribution in [0.15, 0.2) is 29.1 Å². The fourth-order valence-corrected chi connectivity index (χ4v) is 3.65. The monoisotopic (exact) mass is 350 g/mol. The van der Waals surface area contributed by atoms with Crippen LogP contribution in [0.4, 0.5) is 5.69 Å². The van der Waals surface area contributed by atoms with Crippen molar-refractivity contribution < 1.29 is 4.79 Å². The molecule has 0 saturated carbocycles. The standard InChI is InChI=1S/C20H22N4O2/c1-12-6-4-7-15(14(12)3)22-18(25)11-24-13(2)10-16-19(24)20(26)23-9-5-8-17(23)21-16/h4,6-7,10H,5,8-9,11H2,1-3H3,(H,22,25). The van der Waals surface area contributed by atoms with Crippen LogP contribution in [0, 0.1) is 20.8 Å². The van der Waals surface area contributed by atoms with Gasteiger partial charge in [0.1, 0.15) is 17.9 Å². The average molecular weight is 350 g/mol. The normalized spacial score (nSPS) is 13.2. The minimum Gasteiger partial charge on any atom is -0.330 e. The van der Waals surface area contributed by atoms with Gasteiger partial charge >= 0.3 is 0 Å². The molecule has 6 nitrogen and oxygen atoms in total. The quantitative estimate of drug-likeness (QED) is 0.790. The summed E-state index contributed by atoms with van der Waals surface area (Å²) in [5.41, 5.74) is 5.00. The molecule has 0 spiro atoms. The molecule has 2 aromatic heterocycles. The Labute approximate surface area is 151 Å². The van der Waals surface area contributed by atoms with Crippen LogP contribution in [0.3, 0.4) is 0 Å². The van der Waals surface area contributed by atoms with Crippen LogP contribution in [-0.4, -0.2) is 20.0 Å². The maximum atomic E-state index is 12.9. The molecule has 4 rings (SSSR count). The number of nitrogens with one attached hydrogen (secondary N) is 1. The second-order valence-corrected chi connectivity index (χ2v) is 6.99. The first-order valence-corrected chi connectivity index (χ1v) is 8.91. The third kappa shape index (κ3) is 2.62. The zero-order valence-corrected chi connectivity index (χ0v) is 15.3. The molecule has 1 amide bonds. The SMILES string of the molecule is Cc1cccc(NC(=O)Cn2c(C)cc3nc4n(c(=O)c32)CCC4)c1C. The van der Waals surface area contributed by atoms with Crippen molar-refractivity contribution in [2.24, 2.45) is 0 Å². The van der Waals surface area contributed by atoms with Crippen LogP contribution in [0.2, 0.25) is 0 Å². The summed E-state index contributed by atoms with van der Waals surface area (Å²) in [5, 5.41) is 2.96. The fraction of sp³-hybridized carbons (Fsp3) is 0.350.